The van der Waals surface area contributed by atoms with E-state index in [2.05, 4.69) is 33.2 Å². The van der Waals surface area contributed by atoms with E-state index in [4.69, 9.17) is 10.2 Å². The first-order chi connectivity index (χ1) is 9.38. The Kier molecular flexibility index (Phi) is 6.22. The molecule has 0 heterocycles. The van der Waals surface area contributed by atoms with Crippen molar-refractivity contribution in [2.45, 2.75) is 18.9 Å². The molecule has 0 bridgehead atoms. The molecule has 0 aromatic heterocycles. The van der Waals surface area contributed by atoms with Crippen LogP contribution in [0.3, 0.4) is 0 Å². The van der Waals surface area contributed by atoms with Crippen molar-refractivity contribution in [3.63, 3.8) is 0 Å². The molecule has 0 radical (unpaired) electrons. The Bertz CT molecular complexity index is 520. The Balaban J connectivity index is 2.57. The molecule has 0 spiro atoms. The summed E-state index contributed by atoms with van der Waals surface area (Å²) in [5, 5.41) is 22.1. The smallest absolute Gasteiger partial charge is 0.326 e. The summed E-state index contributed by atoms with van der Waals surface area (Å²) < 4.78 is 0.918. The van der Waals surface area contributed by atoms with E-state index in [0.29, 0.717) is 5.69 Å². The SMILES string of the molecule is O=C(O)CCC(NC(=O)Nc1cccc(I)c1)C(=O)O. The largest absolute Gasteiger partial charge is 0.481 e. The Labute approximate surface area is 128 Å². The second-order valence-corrected chi connectivity index (χ2v) is 5.18. The zero-order chi connectivity index (χ0) is 15.1. The predicted octanol–water partition coefficient (Wildman–Crippen LogP) is 1.73. The fraction of sp³-hybridized carbons (Fsp3) is 0.250. The summed E-state index contributed by atoms with van der Waals surface area (Å²) >= 11 is 2.08. The number of nitrogens with one attached hydrogen (secondary N) is 2. The number of anilines is 1. The van der Waals surface area contributed by atoms with Crippen molar-refractivity contribution < 1.29 is 24.6 Å². The van der Waals surface area contributed by atoms with Gasteiger partial charge in [0.1, 0.15) is 6.04 Å². The van der Waals surface area contributed by atoms with Gasteiger partial charge in [0.15, 0.2) is 0 Å². The van der Waals surface area contributed by atoms with Gasteiger partial charge < -0.3 is 20.8 Å². The van der Waals surface area contributed by atoms with Crippen LogP contribution in [0.25, 0.3) is 0 Å². The summed E-state index contributed by atoms with van der Waals surface area (Å²) in [5.74, 6) is -2.39. The van der Waals surface area contributed by atoms with Gasteiger partial charge in [-0.2, -0.15) is 0 Å². The van der Waals surface area contributed by atoms with Crippen LogP contribution in [-0.2, 0) is 9.59 Å². The van der Waals surface area contributed by atoms with Crippen LogP contribution >= 0.6 is 22.6 Å². The van der Waals surface area contributed by atoms with Gasteiger partial charge in [-0.25, -0.2) is 9.59 Å². The van der Waals surface area contributed by atoms with Gasteiger partial charge in [0.2, 0.25) is 0 Å². The molecule has 0 aliphatic carbocycles. The molecule has 1 aromatic rings. The first-order valence-electron chi connectivity index (χ1n) is 5.66. The monoisotopic (exact) mass is 392 g/mol. The minimum atomic E-state index is -1.27. The number of benzene rings is 1. The standard InChI is InChI=1S/C12H13IN2O5/c13-7-2-1-3-8(6-7)14-12(20)15-9(11(18)19)4-5-10(16)17/h1-3,6,9H,4-5H2,(H,16,17)(H,18,19)(H2,14,15,20). The second kappa shape index (κ2) is 7.68. The van der Waals surface area contributed by atoms with Gasteiger partial charge >= 0.3 is 18.0 Å². The van der Waals surface area contributed by atoms with Crippen LogP contribution in [0.1, 0.15) is 12.8 Å². The highest BCUT2D eigenvalue weighted by Crippen LogP contribution is 2.12. The number of hydrogen-bond acceptors (Lipinski definition) is 3. The molecule has 1 atom stereocenters. The third-order valence-corrected chi connectivity index (χ3v) is 3.00. The molecule has 20 heavy (non-hydrogen) atoms. The average molecular weight is 392 g/mol. The van der Waals surface area contributed by atoms with E-state index in [1.54, 1.807) is 18.2 Å². The topological polar surface area (TPSA) is 116 Å². The molecule has 1 rings (SSSR count). The first kappa shape index (κ1) is 16.2. The quantitative estimate of drug-likeness (QED) is 0.551. The molecule has 1 unspecified atom stereocenters. The lowest BCUT2D eigenvalue weighted by Crippen LogP contribution is -2.43. The van der Waals surface area contributed by atoms with E-state index in [9.17, 15) is 14.4 Å². The van der Waals surface area contributed by atoms with Crippen LogP contribution < -0.4 is 10.6 Å². The maximum Gasteiger partial charge on any atom is 0.326 e. The summed E-state index contributed by atoms with van der Waals surface area (Å²) in [6, 6.07) is 5.04. The van der Waals surface area contributed by atoms with E-state index in [1.165, 1.54) is 0 Å². The average Bonchev–Trinajstić information content (AvgIpc) is 2.33. The van der Waals surface area contributed by atoms with Gasteiger partial charge in [0.05, 0.1) is 0 Å². The summed E-state index contributed by atoms with van der Waals surface area (Å²) in [4.78, 5) is 33.0. The minimum Gasteiger partial charge on any atom is -0.481 e. The molecule has 7 nitrogen and oxygen atoms in total. The van der Waals surface area contributed by atoms with Crippen molar-refractivity contribution in [3.05, 3.63) is 27.8 Å². The second-order valence-electron chi connectivity index (χ2n) is 3.93. The van der Waals surface area contributed by atoms with Crippen LogP contribution in [0.5, 0.6) is 0 Å². The van der Waals surface area contributed by atoms with Gasteiger partial charge in [-0.15, -0.1) is 0 Å². The highest BCUT2D eigenvalue weighted by molar-refractivity contribution is 14.1. The van der Waals surface area contributed by atoms with Crippen molar-refractivity contribution in [1.82, 2.24) is 5.32 Å². The molecule has 0 saturated carbocycles. The number of carbonyl (C=O) groups is 3. The highest BCUT2D eigenvalue weighted by atomic mass is 127. The summed E-state index contributed by atoms with van der Waals surface area (Å²) in [6.07, 6.45) is -0.509. The lowest BCUT2D eigenvalue weighted by Gasteiger charge is -2.14. The van der Waals surface area contributed by atoms with Crippen molar-refractivity contribution in [2.75, 3.05) is 5.32 Å². The summed E-state index contributed by atoms with van der Waals surface area (Å²) in [6.45, 7) is 0. The van der Waals surface area contributed by atoms with E-state index >= 15 is 0 Å². The predicted molar refractivity (Wildman–Crippen MR) is 79.6 cm³/mol. The molecule has 0 aliphatic rings. The molecule has 2 amide bonds. The molecule has 8 heteroatoms. The number of hydrogen-bond donors (Lipinski definition) is 4. The fourth-order valence-corrected chi connectivity index (χ4v) is 1.96. The molecule has 0 saturated heterocycles. The van der Waals surface area contributed by atoms with Crippen molar-refractivity contribution in [1.29, 1.82) is 0 Å². The van der Waals surface area contributed by atoms with Crippen LogP contribution in [0.4, 0.5) is 10.5 Å². The molecule has 108 valence electrons. The van der Waals surface area contributed by atoms with Crippen LogP contribution in [0, 0.1) is 3.57 Å². The highest BCUT2D eigenvalue weighted by Gasteiger charge is 2.20. The van der Waals surface area contributed by atoms with Crippen LogP contribution in [0.15, 0.2) is 24.3 Å². The zero-order valence-corrected chi connectivity index (χ0v) is 12.5. The number of carboxylic acids is 2. The number of halogens is 1. The summed E-state index contributed by atoms with van der Waals surface area (Å²) in [7, 11) is 0. The van der Waals surface area contributed by atoms with E-state index < -0.39 is 24.0 Å². The van der Waals surface area contributed by atoms with Gasteiger partial charge in [0.25, 0.3) is 0 Å². The van der Waals surface area contributed by atoms with Crippen molar-refractivity contribution >= 4 is 46.2 Å². The Morgan fingerprint density at radius 1 is 1.25 bits per heavy atom. The van der Waals surface area contributed by atoms with Gasteiger partial charge in [-0.3, -0.25) is 4.79 Å². The number of rotatable bonds is 6. The Hall–Kier alpha value is -1.84. The minimum absolute atomic E-state index is 0.176. The molecular formula is C12H13IN2O5. The summed E-state index contributed by atoms with van der Waals surface area (Å²) in [5.41, 5.74) is 0.525. The lowest BCUT2D eigenvalue weighted by atomic mass is 10.1. The number of amides is 2. The number of aliphatic carboxylic acids is 2. The lowest BCUT2D eigenvalue weighted by molar-refractivity contribution is -0.140. The van der Waals surface area contributed by atoms with E-state index in [0.717, 1.165) is 3.57 Å². The fourth-order valence-electron chi connectivity index (χ4n) is 1.42. The van der Waals surface area contributed by atoms with Crippen LogP contribution in [0.2, 0.25) is 0 Å². The molecule has 0 aliphatic heterocycles. The van der Waals surface area contributed by atoms with E-state index in [1.807, 2.05) is 6.07 Å². The van der Waals surface area contributed by atoms with E-state index in [-0.39, 0.29) is 12.8 Å². The van der Waals surface area contributed by atoms with Crippen molar-refractivity contribution in [3.8, 4) is 0 Å². The Morgan fingerprint density at radius 2 is 1.95 bits per heavy atom. The van der Waals surface area contributed by atoms with Gasteiger partial charge in [-0.05, 0) is 47.2 Å². The third kappa shape index (κ3) is 5.87. The molecule has 1 aromatic carbocycles. The number of carbonyl (C=O) groups excluding carboxylic acids is 1. The molecular weight excluding hydrogens is 379 g/mol. The Morgan fingerprint density at radius 3 is 2.50 bits per heavy atom. The molecule has 4 N–H and O–H groups in total. The normalized spacial score (nSPS) is 11.4. The molecule has 0 fully saturated rings. The van der Waals surface area contributed by atoms with Crippen LogP contribution in [-0.4, -0.2) is 34.2 Å². The van der Waals surface area contributed by atoms with Crippen molar-refractivity contribution in [2.24, 2.45) is 0 Å². The van der Waals surface area contributed by atoms with Gasteiger partial charge in [-0.1, -0.05) is 6.07 Å². The maximum absolute atomic E-state index is 11.6. The van der Waals surface area contributed by atoms with Gasteiger partial charge in [0, 0.05) is 15.7 Å². The maximum atomic E-state index is 11.6. The third-order valence-electron chi connectivity index (χ3n) is 2.33. The zero-order valence-electron chi connectivity index (χ0n) is 10.3. The number of urea groups is 1. The first-order valence-corrected chi connectivity index (χ1v) is 6.74. The number of carboxylic acid groups (broad SMARTS) is 2.